The van der Waals surface area contributed by atoms with Gasteiger partial charge in [-0.3, -0.25) is 9.89 Å². The number of morpholine rings is 1. The minimum Gasteiger partial charge on any atom is -0.379 e. The van der Waals surface area contributed by atoms with E-state index in [2.05, 4.69) is 35.9 Å². The lowest BCUT2D eigenvalue weighted by atomic mass is 9.85. The normalized spacial score (nSPS) is 22.3. The predicted molar refractivity (Wildman–Crippen MR) is 108 cm³/mol. The number of guanidine groups is 1. The molecule has 0 saturated carbocycles. The molecular weight excluding hydrogens is 343 g/mol. The molecule has 0 aliphatic carbocycles. The van der Waals surface area contributed by atoms with Crippen LogP contribution in [0.2, 0.25) is 0 Å². The van der Waals surface area contributed by atoms with Gasteiger partial charge in [-0.1, -0.05) is 26.0 Å². The molecule has 27 heavy (non-hydrogen) atoms. The van der Waals surface area contributed by atoms with E-state index in [0.717, 1.165) is 57.5 Å². The number of halogens is 1. The lowest BCUT2D eigenvalue weighted by Crippen LogP contribution is -2.47. The Hall–Kier alpha value is -1.66. The van der Waals surface area contributed by atoms with Gasteiger partial charge in [0.2, 0.25) is 0 Å². The maximum absolute atomic E-state index is 13.2. The van der Waals surface area contributed by atoms with Crippen LogP contribution in [-0.4, -0.2) is 74.3 Å². The Labute approximate surface area is 162 Å². The Bertz CT molecular complexity index is 626. The van der Waals surface area contributed by atoms with Crippen molar-refractivity contribution in [3.63, 3.8) is 0 Å². The van der Waals surface area contributed by atoms with Crippen LogP contribution in [0.1, 0.15) is 32.8 Å². The quantitative estimate of drug-likeness (QED) is 0.633. The van der Waals surface area contributed by atoms with Gasteiger partial charge in [-0.15, -0.1) is 0 Å². The summed E-state index contributed by atoms with van der Waals surface area (Å²) in [7, 11) is 0. The summed E-state index contributed by atoms with van der Waals surface area (Å²) >= 11 is 0. The molecule has 0 spiro atoms. The van der Waals surface area contributed by atoms with Crippen molar-refractivity contribution >= 4 is 5.96 Å². The third kappa shape index (κ3) is 5.20. The van der Waals surface area contributed by atoms with Gasteiger partial charge in [-0.05, 0) is 31.0 Å². The first kappa shape index (κ1) is 20.1. The third-order valence-corrected chi connectivity index (χ3v) is 5.61. The molecule has 2 saturated heterocycles. The monoisotopic (exact) mass is 376 g/mol. The van der Waals surface area contributed by atoms with Crippen molar-refractivity contribution in [3.8, 4) is 0 Å². The first-order chi connectivity index (χ1) is 13.0. The van der Waals surface area contributed by atoms with Crippen LogP contribution >= 0.6 is 0 Å². The first-order valence-electron chi connectivity index (χ1n) is 10.1. The van der Waals surface area contributed by atoms with Gasteiger partial charge in [0.1, 0.15) is 5.82 Å². The maximum Gasteiger partial charge on any atom is 0.193 e. The average Bonchev–Trinajstić information content (AvgIpc) is 3.16. The topological polar surface area (TPSA) is 40.1 Å². The Kier molecular flexibility index (Phi) is 6.71. The summed E-state index contributed by atoms with van der Waals surface area (Å²) in [6, 6.07) is 7.37. The minimum atomic E-state index is -0.197. The van der Waals surface area contributed by atoms with Gasteiger partial charge in [0, 0.05) is 44.2 Å². The molecule has 150 valence electrons. The van der Waals surface area contributed by atoms with Crippen molar-refractivity contribution in [2.75, 3.05) is 52.5 Å². The van der Waals surface area contributed by atoms with Gasteiger partial charge >= 0.3 is 0 Å². The molecule has 2 aliphatic rings. The molecule has 5 nitrogen and oxygen atoms in total. The number of hydrogen-bond acceptors (Lipinski definition) is 3. The first-order valence-corrected chi connectivity index (χ1v) is 10.1. The molecule has 2 heterocycles. The molecule has 3 rings (SSSR count). The zero-order valence-electron chi connectivity index (χ0n) is 16.9. The van der Waals surface area contributed by atoms with E-state index in [1.165, 1.54) is 18.6 Å². The van der Waals surface area contributed by atoms with E-state index in [1.807, 2.05) is 12.1 Å². The number of ether oxygens (including phenoxy) is 1. The number of nitrogens with zero attached hydrogens (tertiary/aromatic N) is 3. The summed E-state index contributed by atoms with van der Waals surface area (Å²) in [4.78, 5) is 9.87. The number of rotatable bonds is 5. The van der Waals surface area contributed by atoms with Crippen molar-refractivity contribution in [2.45, 2.75) is 38.6 Å². The molecular formula is C21H33FN4O. The van der Waals surface area contributed by atoms with Crippen LogP contribution in [0.15, 0.2) is 29.3 Å². The zero-order valence-corrected chi connectivity index (χ0v) is 16.9. The highest BCUT2D eigenvalue weighted by atomic mass is 19.1. The van der Waals surface area contributed by atoms with E-state index >= 15 is 0 Å². The Balaban J connectivity index is 1.64. The van der Waals surface area contributed by atoms with Gasteiger partial charge in [-0.25, -0.2) is 4.39 Å². The average molecular weight is 377 g/mol. The smallest absolute Gasteiger partial charge is 0.193 e. The van der Waals surface area contributed by atoms with Gasteiger partial charge in [0.05, 0.1) is 19.8 Å². The fraction of sp³-hybridized carbons (Fsp3) is 0.667. The standard InChI is InChI=1S/C21H33FN4O/c1-4-23-20(24-16-21(2,3)17-5-7-18(22)8-6-17)26-10-9-19(15-26)25-11-13-27-14-12-25/h5-8,19H,4,9-16H2,1-3H3,(H,23,24). The fourth-order valence-electron chi connectivity index (χ4n) is 3.87. The van der Waals surface area contributed by atoms with Crippen LogP contribution in [-0.2, 0) is 10.2 Å². The second-order valence-electron chi connectivity index (χ2n) is 8.10. The highest BCUT2D eigenvalue weighted by Crippen LogP contribution is 2.24. The van der Waals surface area contributed by atoms with E-state index in [0.29, 0.717) is 12.6 Å². The molecule has 1 aromatic carbocycles. The largest absolute Gasteiger partial charge is 0.379 e. The van der Waals surface area contributed by atoms with Crippen molar-refractivity contribution in [1.82, 2.24) is 15.1 Å². The van der Waals surface area contributed by atoms with E-state index in [-0.39, 0.29) is 11.2 Å². The van der Waals surface area contributed by atoms with Crippen molar-refractivity contribution in [3.05, 3.63) is 35.6 Å². The number of likely N-dealkylation sites (tertiary alicyclic amines) is 1. The number of hydrogen-bond donors (Lipinski definition) is 1. The number of nitrogens with one attached hydrogen (secondary N) is 1. The molecule has 0 bridgehead atoms. The van der Waals surface area contributed by atoms with Crippen molar-refractivity contribution in [2.24, 2.45) is 4.99 Å². The third-order valence-electron chi connectivity index (χ3n) is 5.61. The van der Waals surface area contributed by atoms with E-state index in [9.17, 15) is 4.39 Å². The summed E-state index contributed by atoms with van der Waals surface area (Å²) in [5.74, 6) is 0.793. The molecule has 1 N–H and O–H groups in total. The van der Waals surface area contributed by atoms with Crippen molar-refractivity contribution in [1.29, 1.82) is 0 Å². The molecule has 1 atom stereocenters. The minimum absolute atomic E-state index is 0.141. The second-order valence-corrected chi connectivity index (χ2v) is 8.10. The summed E-state index contributed by atoms with van der Waals surface area (Å²) in [5.41, 5.74) is 0.966. The van der Waals surface area contributed by atoms with E-state index < -0.39 is 0 Å². The summed E-state index contributed by atoms with van der Waals surface area (Å²) in [6.45, 7) is 13.8. The maximum atomic E-state index is 13.2. The van der Waals surface area contributed by atoms with Crippen LogP contribution in [0.5, 0.6) is 0 Å². The van der Waals surface area contributed by atoms with Crippen molar-refractivity contribution < 1.29 is 9.13 Å². The van der Waals surface area contributed by atoms with Crippen LogP contribution in [0.4, 0.5) is 4.39 Å². The Morgan fingerprint density at radius 1 is 1.22 bits per heavy atom. The number of benzene rings is 1. The molecule has 0 amide bonds. The molecule has 2 fully saturated rings. The van der Waals surface area contributed by atoms with E-state index in [4.69, 9.17) is 9.73 Å². The summed E-state index contributed by atoms with van der Waals surface area (Å²) < 4.78 is 18.7. The molecule has 1 unspecified atom stereocenters. The van der Waals surface area contributed by atoms with Gasteiger partial charge in [0.15, 0.2) is 5.96 Å². The summed E-state index contributed by atoms with van der Waals surface area (Å²) in [6.07, 6.45) is 1.17. The van der Waals surface area contributed by atoms with Gasteiger partial charge in [-0.2, -0.15) is 0 Å². The summed E-state index contributed by atoms with van der Waals surface area (Å²) in [5, 5.41) is 3.45. The van der Waals surface area contributed by atoms with Gasteiger partial charge < -0.3 is 15.0 Å². The molecule has 1 aromatic rings. The highest BCUT2D eigenvalue weighted by Gasteiger charge is 2.30. The fourth-order valence-corrected chi connectivity index (χ4v) is 3.87. The Morgan fingerprint density at radius 2 is 1.93 bits per heavy atom. The lowest BCUT2D eigenvalue weighted by molar-refractivity contribution is 0.0195. The van der Waals surface area contributed by atoms with Crippen LogP contribution in [0.3, 0.4) is 0 Å². The second kappa shape index (κ2) is 9.02. The highest BCUT2D eigenvalue weighted by molar-refractivity contribution is 5.80. The van der Waals surface area contributed by atoms with Crippen LogP contribution < -0.4 is 5.32 Å². The molecule has 6 heteroatoms. The van der Waals surface area contributed by atoms with Crippen LogP contribution in [0.25, 0.3) is 0 Å². The SMILES string of the molecule is CCNC(=NCC(C)(C)c1ccc(F)cc1)N1CCC(N2CCOCC2)C1. The Morgan fingerprint density at radius 3 is 2.59 bits per heavy atom. The van der Waals surface area contributed by atoms with Gasteiger partial charge in [0.25, 0.3) is 0 Å². The lowest BCUT2D eigenvalue weighted by Gasteiger charge is -2.32. The molecule has 2 aliphatic heterocycles. The predicted octanol–water partition coefficient (Wildman–Crippen LogP) is 2.48. The van der Waals surface area contributed by atoms with Crippen LogP contribution in [0, 0.1) is 5.82 Å². The molecule has 0 radical (unpaired) electrons. The zero-order chi connectivity index (χ0) is 19.3. The molecule has 0 aromatic heterocycles. The van der Waals surface area contributed by atoms with E-state index in [1.54, 1.807) is 0 Å². The number of aliphatic imine (C=N–C) groups is 1.